The summed E-state index contributed by atoms with van der Waals surface area (Å²) in [6, 6.07) is 8.78. The van der Waals surface area contributed by atoms with Gasteiger partial charge in [0.15, 0.2) is 0 Å². The number of carbonyl (C=O) groups is 1. The Labute approximate surface area is 138 Å². The first-order chi connectivity index (χ1) is 9.49. The second-order valence-electron chi connectivity index (χ2n) is 3.84. The molecular weight excluding hydrogens is 406 g/mol. The minimum atomic E-state index is -0.340. The van der Waals surface area contributed by atoms with Gasteiger partial charge in [0, 0.05) is 20.7 Å². The van der Waals surface area contributed by atoms with E-state index in [4.69, 9.17) is 18.0 Å². The normalized spacial score (nSPS) is 10.1. The number of carbonyl (C=O) groups excluding carboxylic acids is 1. The van der Waals surface area contributed by atoms with Crippen molar-refractivity contribution >= 4 is 60.7 Å². The lowest BCUT2D eigenvalue weighted by Crippen LogP contribution is -2.18. The van der Waals surface area contributed by atoms with Gasteiger partial charge < -0.3 is 11.1 Å². The summed E-state index contributed by atoms with van der Waals surface area (Å²) in [5.74, 6) is -0.340. The number of aromatic nitrogens is 1. The first kappa shape index (κ1) is 15.1. The van der Waals surface area contributed by atoms with Gasteiger partial charge in [0.1, 0.15) is 10.7 Å². The average molecular weight is 415 g/mol. The van der Waals surface area contributed by atoms with E-state index in [9.17, 15) is 4.79 Å². The SMILES string of the molecule is NC(=S)c1ccc(Br)cc1NC(=O)c1ncccc1Br. The first-order valence-electron chi connectivity index (χ1n) is 5.50. The predicted molar refractivity (Wildman–Crippen MR) is 89.9 cm³/mol. The quantitative estimate of drug-likeness (QED) is 0.754. The Bertz CT molecular complexity index is 691. The van der Waals surface area contributed by atoms with Crippen LogP contribution in [0.3, 0.4) is 0 Å². The fourth-order valence-electron chi connectivity index (χ4n) is 1.57. The zero-order valence-corrected chi connectivity index (χ0v) is 14.0. The van der Waals surface area contributed by atoms with E-state index in [2.05, 4.69) is 42.2 Å². The van der Waals surface area contributed by atoms with Crippen molar-refractivity contribution in [3.8, 4) is 0 Å². The zero-order valence-electron chi connectivity index (χ0n) is 10.1. The van der Waals surface area contributed by atoms with Crippen LogP contribution in [0.15, 0.2) is 45.5 Å². The van der Waals surface area contributed by atoms with E-state index in [1.807, 2.05) is 0 Å². The van der Waals surface area contributed by atoms with Crippen molar-refractivity contribution in [2.24, 2.45) is 5.73 Å². The number of anilines is 1. The van der Waals surface area contributed by atoms with E-state index < -0.39 is 0 Å². The Morgan fingerprint density at radius 2 is 2.05 bits per heavy atom. The third-order valence-corrected chi connectivity index (χ3v) is 3.82. The number of rotatable bonds is 3. The number of hydrogen-bond acceptors (Lipinski definition) is 3. The third-order valence-electron chi connectivity index (χ3n) is 2.47. The van der Waals surface area contributed by atoms with Gasteiger partial charge in [-0.05, 0) is 46.3 Å². The molecule has 0 bridgehead atoms. The van der Waals surface area contributed by atoms with E-state index in [1.54, 1.807) is 36.5 Å². The molecule has 102 valence electrons. The van der Waals surface area contributed by atoms with Crippen LogP contribution in [-0.2, 0) is 0 Å². The minimum Gasteiger partial charge on any atom is -0.389 e. The van der Waals surface area contributed by atoms with Crippen LogP contribution in [0.1, 0.15) is 16.1 Å². The van der Waals surface area contributed by atoms with E-state index in [0.717, 1.165) is 4.47 Å². The van der Waals surface area contributed by atoms with Crippen molar-refractivity contribution in [1.82, 2.24) is 4.98 Å². The molecule has 1 aromatic carbocycles. The number of amides is 1. The molecule has 1 amide bonds. The largest absolute Gasteiger partial charge is 0.389 e. The van der Waals surface area contributed by atoms with Crippen molar-refractivity contribution in [1.29, 1.82) is 0 Å². The lowest BCUT2D eigenvalue weighted by molar-refractivity contribution is 0.102. The smallest absolute Gasteiger partial charge is 0.275 e. The summed E-state index contributed by atoms with van der Waals surface area (Å²) < 4.78 is 1.43. The fourth-order valence-corrected chi connectivity index (χ4v) is 2.54. The Morgan fingerprint density at radius 3 is 2.70 bits per heavy atom. The molecule has 7 heteroatoms. The molecule has 3 N–H and O–H groups in total. The van der Waals surface area contributed by atoms with E-state index in [-0.39, 0.29) is 10.9 Å². The lowest BCUT2D eigenvalue weighted by Gasteiger charge is -2.11. The summed E-state index contributed by atoms with van der Waals surface area (Å²) in [6.45, 7) is 0. The summed E-state index contributed by atoms with van der Waals surface area (Å²) in [5.41, 5.74) is 7.08. The number of nitrogens with two attached hydrogens (primary N) is 1. The lowest BCUT2D eigenvalue weighted by atomic mass is 10.1. The molecule has 1 aromatic heterocycles. The maximum atomic E-state index is 12.2. The van der Waals surface area contributed by atoms with Crippen molar-refractivity contribution < 1.29 is 4.79 Å². The van der Waals surface area contributed by atoms with Gasteiger partial charge >= 0.3 is 0 Å². The summed E-state index contributed by atoms with van der Waals surface area (Å²) >= 11 is 11.6. The molecule has 0 aliphatic rings. The van der Waals surface area contributed by atoms with Crippen LogP contribution in [0.2, 0.25) is 0 Å². The van der Waals surface area contributed by atoms with Crippen LogP contribution >= 0.6 is 44.1 Å². The highest BCUT2D eigenvalue weighted by atomic mass is 79.9. The molecule has 0 aliphatic carbocycles. The summed E-state index contributed by atoms with van der Waals surface area (Å²) in [6.07, 6.45) is 1.55. The predicted octanol–water partition coefficient (Wildman–Crippen LogP) is 3.49. The highest BCUT2D eigenvalue weighted by Gasteiger charge is 2.14. The number of halogens is 2. The number of benzene rings is 1. The van der Waals surface area contributed by atoms with Gasteiger partial charge in [0.2, 0.25) is 0 Å². The fraction of sp³-hybridized carbons (Fsp3) is 0. The molecule has 0 saturated heterocycles. The zero-order chi connectivity index (χ0) is 14.7. The number of thiocarbonyl (C=S) groups is 1. The second kappa shape index (κ2) is 6.43. The average Bonchev–Trinajstić information content (AvgIpc) is 2.38. The van der Waals surface area contributed by atoms with Crippen LogP contribution < -0.4 is 11.1 Å². The highest BCUT2D eigenvalue weighted by Crippen LogP contribution is 2.23. The van der Waals surface area contributed by atoms with Crippen LogP contribution in [0.5, 0.6) is 0 Å². The molecule has 4 nitrogen and oxygen atoms in total. The number of pyridine rings is 1. The molecule has 0 atom stereocenters. The Morgan fingerprint density at radius 1 is 1.30 bits per heavy atom. The minimum absolute atomic E-state index is 0.216. The number of nitrogens with one attached hydrogen (secondary N) is 1. The Balaban J connectivity index is 2.35. The van der Waals surface area contributed by atoms with Crippen molar-refractivity contribution in [3.05, 3.63) is 56.7 Å². The molecule has 0 aliphatic heterocycles. The molecule has 20 heavy (non-hydrogen) atoms. The molecular formula is C13H9Br2N3OS. The molecule has 2 aromatic rings. The van der Waals surface area contributed by atoms with Gasteiger partial charge in [0.05, 0.1) is 5.69 Å². The van der Waals surface area contributed by atoms with Crippen molar-refractivity contribution in [2.45, 2.75) is 0 Å². The maximum absolute atomic E-state index is 12.2. The monoisotopic (exact) mass is 413 g/mol. The van der Waals surface area contributed by atoms with E-state index in [1.165, 1.54) is 0 Å². The Kier molecular flexibility index (Phi) is 4.85. The van der Waals surface area contributed by atoms with Gasteiger partial charge in [-0.15, -0.1) is 0 Å². The molecule has 0 fully saturated rings. The van der Waals surface area contributed by atoms with Gasteiger partial charge in [0.25, 0.3) is 5.91 Å². The van der Waals surface area contributed by atoms with Gasteiger partial charge in [-0.1, -0.05) is 28.1 Å². The Hall–Kier alpha value is -1.31. The highest BCUT2D eigenvalue weighted by molar-refractivity contribution is 9.10. The van der Waals surface area contributed by atoms with Crippen LogP contribution in [-0.4, -0.2) is 15.9 Å². The summed E-state index contributed by atoms with van der Waals surface area (Å²) in [4.78, 5) is 16.5. The first-order valence-corrected chi connectivity index (χ1v) is 7.49. The molecule has 0 spiro atoms. The summed E-state index contributed by atoms with van der Waals surface area (Å²) in [5, 5.41) is 2.76. The van der Waals surface area contributed by atoms with E-state index >= 15 is 0 Å². The number of nitrogens with zero attached hydrogens (tertiary/aromatic N) is 1. The third kappa shape index (κ3) is 3.41. The second-order valence-corrected chi connectivity index (χ2v) is 6.05. The number of hydrogen-bond donors (Lipinski definition) is 2. The molecule has 0 saturated carbocycles. The van der Waals surface area contributed by atoms with Crippen LogP contribution in [0, 0.1) is 0 Å². The molecule has 0 unspecified atom stereocenters. The maximum Gasteiger partial charge on any atom is 0.275 e. The van der Waals surface area contributed by atoms with E-state index in [0.29, 0.717) is 21.4 Å². The van der Waals surface area contributed by atoms with Gasteiger partial charge in [-0.25, -0.2) is 4.98 Å². The van der Waals surface area contributed by atoms with Crippen LogP contribution in [0.4, 0.5) is 5.69 Å². The molecule has 1 heterocycles. The molecule has 2 rings (SSSR count). The van der Waals surface area contributed by atoms with Crippen molar-refractivity contribution in [2.75, 3.05) is 5.32 Å². The topological polar surface area (TPSA) is 68.0 Å². The van der Waals surface area contributed by atoms with Crippen LogP contribution in [0.25, 0.3) is 0 Å². The van der Waals surface area contributed by atoms with Crippen molar-refractivity contribution in [3.63, 3.8) is 0 Å². The van der Waals surface area contributed by atoms with Gasteiger partial charge in [-0.3, -0.25) is 4.79 Å². The standard InChI is InChI=1S/C13H9Br2N3OS/c14-7-3-4-8(12(16)20)10(6-7)18-13(19)11-9(15)2-1-5-17-11/h1-6H,(H2,16,20)(H,18,19). The summed E-state index contributed by atoms with van der Waals surface area (Å²) in [7, 11) is 0. The van der Waals surface area contributed by atoms with Gasteiger partial charge in [-0.2, -0.15) is 0 Å². The molecule has 0 radical (unpaired) electrons.